The van der Waals surface area contributed by atoms with Gasteiger partial charge in [-0.3, -0.25) is 4.79 Å². The van der Waals surface area contributed by atoms with Crippen molar-refractivity contribution < 1.29 is 14.3 Å². The third-order valence-corrected chi connectivity index (χ3v) is 3.68. The highest BCUT2D eigenvalue weighted by atomic mass is 16.5. The summed E-state index contributed by atoms with van der Waals surface area (Å²) in [5, 5.41) is 2.97. The number of rotatable bonds is 7. The van der Waals surface area contributed by atoms with Crippen LogP contribution in [0.2, 0.25) is 0 Å². The van der Waals surface area contributed by atoms with Crippen molar-refractivity contribution >= 4 is 5.91 Å². The zero-order valence-corrected chi connectivity index (χ0v) is 13.8. The van der Waals surface area contributed by atoms with E-state index in [2.05, 4.69) is 24.4 Å². The van der Waals surface area contributed by atoms with Gasteiger partial charge in [-0.2, -0.15) is 0 Å². The van der Waals surface area contributed by atoms with Crippen LogP contribution in [-0.2, 0) is 6.42 Å². The maximum absolute atomic E-state index is 12.3. The maximum atomic E-state index is 12.3. The molecule has 1 atom stereocenters. The first-order valence-electron chi connectivity index (χ1n) is 7.68. The van der Waals surface area contributed by atoms with E-state index in [-0.39, 0.29) is 5.91 Å². The van der Waals surface area contributed by atoms with Crippen molar-refractivity contribution in [1.29, 1.82) is 0 Å². The summed E-state index contributed by atoms with van der Waals surface area (Å²) in [6, 6.07) is 15.4. The van der Waals surface area contributed by atoms with E-state index >= 15 is 0 Å². The first-order chi connectivity index (χ1) is 11.1. The van der Waals surface area contributed by atoms with E-state index in [1.165, 1.54) is 5.56 Å². The van der Waals surface area contributed by atoms with Crippen LogP contribution >= 0.6 is 0 Å². The van der Waals surface area contributed by atoms with Gasteiger partial charge in [-0.15, -0.1) is 0 Å². The summed E-state index contributed by atoms with van der Waals surface area (Å²) in [5.74, 6) is 1.42. The molecule has 1 unspecified atom stereocenters. The van der Waals surface area contributed by atoms with Crippen molar-refractivity contribution in [3.8, 4) is 11.5 Å². The maximum Gasteiger partial charge on any atom is 0.251 e. The van der Waals surface area contributed by atoms with Gasteiger partial charge in [-0.05, 0) is 36.1 Å². The van der Waals surface area contributed by atoms with Crippen LogP contribution in [-0.4, -0.2) is 26.7 Å². The van der Waals surface area contributed by atoms with Crippen LogP contribution < -0.4 is 14.8 Å². The van der Waals surface area contributed by atoms with Gasteiger partial charge in [-0.25, -0.2) is 0 Å². The molecule has 1 N–H and O–H groups in total. The number of carbonyl (C=O) groups excluding carboxylic acids is 1. The molecule has 0 fully saturated rings. The molecule has 4 nitrogen and oxygen atoms in total. The van der Waals surface area contributed by atoms with Crippen LogP contribution in [0.1, 0.15) is 22.8 Å². The Bertz CT molecular complexity index is 640. The predicted molar refractivity (Wildman–Crippen MR) is 91.2 cm³/mol. The average molecular weight is 313 g/mol. The Hall–Kier alpha value is -2.49. The molecule has 0 bridgehead atoms. The molecular formula is C19H23NO3. The van der Waals surface area contributed by atoms with Crippen LogP contribution in [0.5, 0.6) is 11.5 Å². The molecule has 2 aromatic rings. The molecule has 2 rings (SSSR count). The summed E-state index contributed by atoms with van der Waals surface area (Å²) < 4.78 is 10.4. The van der Waals surface area contributed by atoms with Crippen molar-refractivity contribution in [3.05, 3.63) is 59.7 Å². The number of amides is 1. The molecule has 0 aromatic heterocycles. The van der Waals surface area contributed by atoms with Crippen LogP contribution in [0.25, 0.3) is 0 Å². The molecule has 0 heterocycles. The largest absolute Gasteiger partial charge is 0.493 e. The molecule has 0 aliphatic heterocycles. The van der Waals surface area contributed by atoms with Gasteiger partial charge in [0.1, 0.15) is 0 Å². The first-order valence-corrected chi connectivity index (χ1v) is 7.68. The lowest BCUT2D eigenvalue weighted by molar-refractivity contribution is 0.0947. The Morgan fingerprint density at radius 3 is 2.39 bits per heavy atom. The highest BCUT2D eigenvalue weighted by molar-refractivity contribution is 5.94. The van der Waals surface area contributed by atoms with Crippen molar-refractivity contribution in [2.24, 2.45) is 5.92 Å². The van der Waals surface area contributed by atoms with E-state index in [1.54, 1.807) is 32.4 Å². The third-order valence-electron chi connectivity index (χ3n) is 3.68. The second kappa shape index (κ2) is 8.22. The van der Waals surface area contributed by atoms with Crippen molar-refractivity contribution in [1.82, 2.24) is 5.32 Å². The molecular weight excluding hydrogens is 290 g/mol. The number of ether oxygens (including phenoxy) is 2. The zero-order chi connectivity index (χ0) is 16.7. The van der Waals surface area contributed by atoms with E-state index in [9.17, 15) is 4.79 Å². The topological polar surface area (TPSA) is 47.6 Å². The van der Waals surface area contributed by atoms with Gasteiger partial charge in [-0.1, -0.05) is 37.3 Å². The quantitative estimate of drug-likeness (QED) is 0.853. The molecule has 2 aromatic carbocycles. The fraction of sp³-hybridized carbons (Fsp3) is 0.316. The lowest BCUT2D eigenvalue weighted by Gasteiger charge is -2.14. The molecule has 0 radical (unpaired) electrons. The number of hydrogen-bond acceptors (Lipinski definition) is 3. The minimum absolute atomic E-state index is 0.106. The van der Waals surface area contributed by atoms with Crippen molar-refractivity contribution in [2.75, 3.05) is 20.8 Å². The number of benzene rings is 2. The first kappa shape index (κ1) is 16.9. The van der Waals surface area contributed by atoms with Gasteiger partial charge in [0.15, 0.2) is 11.5 Å². The second-order valence-electron chi connectivity index (χ2n) is 5.57. The van der Waals surface area contributed by atoms with Crippen molar-refractivity contribution in [3.63, 3.8) is 0 Å². The van der Waals surface area contributed by atoms with Crippen LogP contribution in [0.15, 0.2) is 48.5 Å². The molecule has 122 valence electrons. The molecule has 0 saturated heterocycles. The number of nitrogens with one attached hydrogen (secondary N) is 1. The van der Waals surface area contributed by atoms with Crippen LogP contribution in [0.3, 0.4) is 0 Å². The molecule has 23 heavy (non-hydrogen) atoms. The van der Waals surface area contributed by atoms with E-state index in [0.717, 1.165) is 6.42 Å². The zero-order valence-electron chi connectivity index (χ0n) is 13.8. The molecule has 0 saturated carbocycles. The van der Waals surface area contributed by atoms with Crippen LogP contribution in [0, 0.1) is 5.92 Å². The van der Waals surface area contributed by atoms with Gasteiger partial charge < -0.3 is 14.8 Å². The fourth-order valence-electron chi connectivity index (χ4n) is 2.44. The Morgan fingerprint density at radius 1 is 1.04 bits per heavy atom. The van der Waals surface area contributed by atoms with Gasteiger partial charge in [0.2, 0.25) is 0 Å². The Labute approximate surface area is 137 Å². The summed E-state index contributed by atoms with van der Waals surface area (Å²) in [6.07, 6.45) is 0.938. The summed E-state index contributed by atoms with van der Waals surface area (Å²) in [5.41, 5.74) is 1.84. The van der Waals surface area contributed by atoms with Gasteiger partial charge in [0.25, 0.3) is 5.91 Å². The van der Waals surface area contributed by atoms with Gasteiger partial charge in [0, 0.05) is 12.1 Å². The lowest BCUT2D eigenvalue weighted by Crippen LogP contribution is -2.29. The fourth-order valence-corrected chi connectivity index (χ4v) is 2.44. The third kappa shape index (κ3) is 4.74. The highest BCUT2D eigenvalue weighted by Crippen LogP contribution is 2.27. The Balaban J connectivity index is 1.91. The molecule has 1 amide bonds. The van der Waals surface area contributed by atoms with E-state index in [4.69, 9.17) is 9.47 Å². The molecule has 0 spiro atoms. The van der Waals surface area contributed by atoms with E-state index < -0.39 is 0 Å². The number of methoxy groups -OCH3 is 2. The Kier molecular flexibility index (Phi) is 6.03. The van der Waals surface area contributed by atoms with E-state index in [0.29, 0.717) is 29.5 Å². The smallest absolute Gasteiger partial charge is 0.251 e. The summed E-state index contributed by atoms with van der Waals surface area (Å²) in [4.78, 5) is 12.3. The minimum atomic E-state index is -0.106. The predicted octanol–water partition coefficient (Wildman–Crippen LogP) is 3.31. The summed E-state index contributed by atoms with van der Waals surface area (Å²) in [7, 11) is 3.13. The van der Waals surface area contributed by atoms with Crippen molar-refractivity contribution in [2.45, 2.75) is 13.3 Å². The summed E-state index contributed by atoms with van der Waals surface area (Å²) in [6.45, 7) is 2.75. The molecule has 4 heteroatoms. The highest BCUT2D eigenvalue weighted by Gasteiger charge is 2.12. The van der Waals surface area contributed by atoms with Gasteiger partial charge in [0.05, 0.1) is 14.2 Å². The standard InChI is InChI=1S/C19H23NO3/c1-14(11-15-7-5-4-6-8-15)13-20-19(21)16-9-10-17(22-2)18(12-16)23-3/h4-10,12,14H,11,13H2,1-3H3,(H,20,21). The minimum Gasteiger partial charge on any atom is -0.493 e. The monoisotopic (exact) mass is 313 g/mol. The summed E-state index contributed by atoms with van der Waals surface area (Å²) >= 11 is 0. The van der Waals surface area contributed by atoms with Gasteiger partial charge >= 0.3 is 0 Å². The number of hydrogen-bond donors (Lipinski definition) is 1. The Morgan fingerprint density at radius 2 is 1.74 bits per heavy atom. The van der Waals surface area contributed by atoms with E-state index in [1.807, 2.05) is 18.2 Å². The normalized spacial score (nSPS) is 11.6. The van der Waals surface area contributed by atoms with Crippen LogP contribution in [0.4, 0.5) is 0 Å². The second-order valence-corrected chi connectivity index (χ2v) is 5.57. The lowest BCUT2D eigenvalue weighted by atomic mass is 10.0. The molecule has 0 aliphatic rings. The SMILES string of the molecule is COc1ccc(C(=O)NCC(C)Cc2ccccc2)cc1OC. The average Bonchev–Trinajstić information content (AvgIpc) is 2.59. The molecule has 0 aliphatic carbocycles. The number of carbonyl (C=O) groups is 1.